The first-order valence-electron chi connectivity index (χ1n) is 11.0. The molecule has 0 aliphatic carbocycles. The number of hydrogen-bond acceptors (Lipinski definition) is 5. The first kappa shape index (κ1) is 23.0. The van der Waals surface area contributed by atoms with E-state index in [1.165, 1.54) is 29.3 Å². The van der Waals surface area contributed by atoms with Crippen molar-refractivity contribution in [2.45, 2.75) is 40.3 Å². The molecule has 0 atom stereocenters. The van der Waals surface area contributed by atoms with Crippen LogP contribution >= 0.6 is 0 Å². The number of aryl methyl sites for hydroxylation is 3. The first-order chi connectivity index (χ1) is 16.3. The second-order valence-corrected chi connectivity index (χ2v) is 8.23. The van der Waals surface area contributed by atoms with Crippen molar-refractivity contribution >= 4 is 22.7 Å². The van der Waals surface area contributed by atoms with Crippen molar-refractivity contribution in [3.8, 4) is 5.75 Å². The lowest BCUT2D eigenvalue weighted by Crippen LogP contribution is -2.08. The second-order valence-electron chi connectivity index (χ2n) is 8.23. The van der Waals surface area contributed by atoms with E-state index in [0.717, 1.165) is 28.8 Å². The van der Waals surface area contributed by atoms with Gasteiger partial charge in [0.1, 0.15) is 23.7 Å². The third kappa shape index (κ3) is 4.47. The van der Waals surface area contributed by atoms with Crippen LogP contribution in [0.15, 0.2) is 54.6 Å². The van der Waals surface area contributed by atoms with Crippen LogP contribution in [0.2, 0.25) is 0 Å². The number of carbonyl (C=O) groups is 1. The van der Waals surface area contributed by atoms with Gasteiger partial charge in [-0.05, 0) is 60.9 Å². The number of imidazole rings is 1. The average molecular weight is 460 g/mol. The lowest BCUT2D eigenvalue weighted by atomic mass is 10.1. The van der Waals surface area contributed by atoms with Crippen molar-refractivity contribution in [1.82, 2.24) is 9.55 Å². The summed E-state index contributed by atoms with van der Waals surface area (Å²) in [5.41, 5.74) is 4.98. The fourth-order valence-electron chi connectivity index (χ4n) is 4.27. The molecule has 0 unspecified atom stereocenters. The molecule has 1 N–H and O–H groups in total. The Hall–Kier alpha value is -4.20. The summed E-state index contributed by atoms with van der Waals surface area (Å²) >= 11 is 0. The standard InChI is InChI=1S/C26H25N3O5/c1-4-23-27-22-13-16(2)12-17(3)24(22)28(23)14-18-8-10-20(11-9-18)34-15-19-6-5-7-21(26(30)31)25(19)29(32)33/h5-13H,4,14-15H2,1-3H3,(H,30,31). The lowest BCUT2D eigenvalue weighted by molar-refractivity contribution is -0.386. The maximum Gasteiger partial charge on any atom is 0.342 e. The van der Waals surface area contributed by atoms with Gasteiger partial charge in [-0.2, -0.15) is 0 Å². The van der Waals surface area contributed by atoms with Gasteiger partial charge in [-0.3, -0.25) is 10.1 Å². The van der Waals surface area contributed by atoms with Gasteiger partial charge >= 0.3 is 5.97 Å². The minimum Gasteiger partial charge on any atom is -0.489 e. The van der Waals surface area contributed by atoms with Gasteiger partial charge < -0.3 is 14.4 Å². The van der Waals surface area contributed by atoms with Gasteiger partial charge in [-0.25, -0.2) is 9.78 Å². The Kier molecular flexibility index (Phi) is 6.32. The van der Waals surface area contributed by atoms with Gasteiger partial charge in [-0.1, -0.05) is 31.2 Å². The molecule has 0 saturated carbocycles. The molecule has 0 bridgehead atoms. The van der Waals surface area contributed by atoms with E-state index in [9.17, 15) is 20.0 Å². The number of rotatable bonds is 8. The number of benzene rings is 3. The van der Waals surface area contributed by atoms with E-state index in [0.29, 0.717) is 12.3 Å². The Morgan fingerprint density at radius 1 is 1.15 bits per heavy atom. The molecule has 1 heterocycles. The number of carboxylic acids is 1. The number of fused-ring (bicyclic) bond motifs is 1. The molecule has 4 rings (SSSR count). The number of para-hydroxylation sites is 1. The number of carboxylic acid groups (broad SMARTS) is 1. The first-order valence-corrected chi connectivity index (χ1v) is 11.0. The number of aromatic carboxylic acids is 1. The number of aromatic nitrogens is 2. The number of nitro groups is 1. The Morgan fingerprint density at radius 3 is 2.53 bits per heavy atom. The van der Waals surface area contributed by atoms with Crippen LogP contribution in [0, 0.1) is 24.0 Å². The monoisotopic (exact) mass is 459 g/mol. The summed E-state index contributed by atoms with van der Waals surface area (Å²) in [5, 5.41) is 20.7. The van der Waals surface area contributed by atoms with E-state index in [4.69, 9.17) is 9.72 Å². The third-order valence-corrected chi connectivity index (χ3v) is 5.76. The lowest BCUT2D eigenvalue weighted by Gasteiger charge is -2.12. The van der Waals surface area contributed by atoms with Gasteiger partial charge in [0.05, 0.1) is 21.5 Å². The maximum absolute atomic E-state index is 11.4. The Labute approximate surface area is 196 Å². The highest BCUT2D eigenvalue weighted by molar-refractivity contribution is 5.93. The van der Waals surface area contributed by atoms with E-state index in [1.807, 2.05) is 24.3 Å². The van der Waals surface area contributed by atoms with Crippen molar-refractivity contribution in [2.24, 2.45) is 0 Å². The molecule has 0 spiro atoms. The Balaban J connectivity index is 1.54. The van der Waals surface area contributed by atoms with Crippen LogP contribution in [-0.2, 0) is 19.6 Å². The summed E-state index contributed by atoms with van der Waals surface area (Å²) in [6.45, 7) is 6.82. The zero-order valence-electron chi connectivity index (χ0n) is 19.2. The van der Waals surface area contributed by atoms with Crippen LogP contribution in [0.1, 0.15) is 45.4 Å². The number of nitro benzene ring substituents is 1. The largest absolute Gasteiger partial charge is 0.489 e. The van der Waals surface area contributed by atoms with E-state index in [2.05, 4.69) is 37.5 Å². The molecule has 8 nitrogen and oxygen atoms in total. The van der Waals surface area contributed by atoms with Gasteiger partial charge in [0.2, 0.25) is 0 Å². The predicted molar refractivity (Wildman–Crippen MR) is 129 cm³/mol. The molecule has 0 aliphatic heterocycles. The summed E-state index contributed by atoms with van der Waals surface area (Å²) in [6.07, 6.45) is 0.822. The van der Waals surface area contributed by atoms with Gasteiger partial charge in [-0.15, -0.1) is 0 Å². The summed E-state index contributed by atoms with van der Waals surface area (Å²) in [6, 6.07) is 16.0. The number of hydrogen-bond donors (Lipinski definition) is 1. The molecule has 0 amide bonds. The summed E-state index contributed by atoms with van der Waals surface area (Å²) in [5.74, 6) is 0.216. The van der Waals surface area contributed by atoms with Crippen molar-refractivity contribution < 1.29 is 19.6 Å². The molecule has 174 valence electrons. The van der Waals surface area contributed by atoms with Crippen LogP contribution < -0.4 is 4.74 Å². The fourth-order valence-corrected chi connectivity index (χ4v) is 4.27. The summed E-state index contributed by atoms with van der Waals surface area (Å²) in [4.78, 5) is 26.9. The predicted octanol–water partition coefficient (Wildman–Crippen LogP) is 5.45. The number of nitrogens with zero attached hydrogens (tertiary/aromatic N) is 3. The normalized spacial score (nSPS) is 11.0. The van der Waals surface area contributed by atoms with Crippen molar-refractivity contribution in [3.63, 3.8) is 0 Å². The maximum atomic E-state index is 11.4. The third-order valence-electron chi connectivity index (χ3n) is 5.76. The van der Waals surface area contributed by atoms with Crippen LogP contribution in [0.25, 0.3) is 11.0 Å². The molecule has 1 aromatic heterocycles. The van der Waals surface area contributed by atoms with Crippen molar-refractivity contribution in [3.05, 3.63) is 98.4 Å². The zero-order valence-corrected chi connectivity index (χ0v) is 19.2. The summed E-state index contributed by atoms with van der Waals surface area (Å²) in [7, 11) is 0. The molecule has 0 radical (unpaired) electrons. The highest BCUT2D eigenvalue weighted by Crippen LogP contribution is 2.27. The van der Waals surface area contributed by atoms with E-state index in [1.54, 1.807) is 0 Å². The van der Waals surface area contributed by atoms with Crippen LogP contribution in [-0.4, -0.2) is 25.6 Å². The minimum atomic E-state index is -1.35. The van der Waals surface area contributed by atoms with Gasteiger partial charge in [0.25, 0.3) is 5.69 Å². The Bertz CT molecular complexity index is 1390. The van der Waals surface area contributed by atoms with Crippen molar-refractivity contribution in [1.29, 1.82) is 0 Å². The smallest absolute Gasteiger partial charge is 0.342 e. The van der Waals surface area contributed by atoms with Crippen LogP contribution in [0.4, 0.5) is 5.69 Å². The quantitative estimate of drug-likeness (QED) is 0.277. The molecule has 0 fully saturated rings. The molecule has 3 aromatic carbocycles. The Morgan fingerprint density at radius 2 is 1.88 bits per heavy atom. The van der Waals surface area contributed by atoms with Crippen LogP contribution in [0.5, 0.6) is 5.75 Å². The average Bonchev–Trinajstić information content (AvgIpc) is 3.15. The highest BCUT2D eigenvalue weighted by atomic mass is 16.6. The highest BCUT2D eigenvalue weighted by Gasteiger charge is 2.24. The zero-order chi connectivity index (χ0) is 24.4. The van der Waals surface area contributed by atoms with E-state index >= 15 is 0 Å². The van der Waals surface area contributed by atoms with E-state index < -0.39 is 16.6 Å². The molecule has 0 aliphatic rings. The molecule has 34 heavy (non-hydrogen) atoms. The fraction of sp³-hybridized carbons (Fsp3) is 0.231. The van der Waals surface area contributed by atoms with Crippen LogP contribution in [0.3, 0.4) is 0 Å². The molecular formula is C26H25N3O5. The molecule has 8 heteroatoms. The number of ether oxygens (including phenoxy) is 1. The molecule has 4 aromatic rings. The van der Waals surface area contributed by atoms with Gasteiger partial charge in [0.15, 0.2) is 0 Å². The van der Waals surface area contributed by atoms with Crippen molar-refractivity contribution in [2.75, 3.05) is 0 Å². The van der Waals surface area contributed by atoms with E-state index in [-0.39, 0.29) is 17.7 Å². The molecule has 0 saturated heterocycles. The summed E-state index contributed by atoms with van der Waals surface area (Å²) < 4.78 is 7.98. The topological polar surface area (TPSA) is 107 Å². The second kappa shape index (κ2) is 9.35. The SMILES string of the molecule is CCc1nc2cc(C)cc(C)c2n1Cc1ccc(OCc2cccc(C(=O)O)c2[N+](=O)[O-])cc1. The molecular weight excluding hydrogens is 434 g/mol. The minimum absolute atomic E-state index is 0.110. The van der Waals surface area contributed by atoms with Gasteiger partial charge in [0, 0.05) is 13.0 Å².